The third-order valence-electron chi connectivity index (χ3n) is 1.44. The van der Waals surface area contributed by atoms with Crippen LogP contribution in [0.1, 0.15) is 6.42 Å². The smallest absolute Gasteiger partial charge is 0.0332 e. The van der Waals surface area contributed by atoms with Crippen molar-refractivity contribution in [1.82, 2.24) is 16.1 Å². The highest BCUT2D eigenvalue weighted by atomic mass is 16.5. The summed E-state index contributed by atoms with van der Waals surface area (Å²) in [5.41, 5.74) is 7.38. The van der Waals surface area contributed by atoms with Crippen molar-refractivity contribution in [3.05, 3.63) is 0 Å². The predicted octanol–water partition coefficient (Wildman–Crippen LogP) is -1.51. The van der Waals surface area contributed by atoms with Gasteiger partial charge in [0.2, 0.25) is 0 Å². The molecule has 0 saturated heterocycles. The average Bonchev–Trinajstić information content (AvgIpc) is 2.10. The minimum Gasteiger partial charge on any atom is -0.329 e. The van der Waals surface area contributed by atoms with E-state index in [0.29, 0.717) is 13.1 Å². The van der Waals surface area contributed by atoms with Crippen molar-refractivity contribution in [2.24, 2.45) is 5.73 Å². The normalized spacial score (nSPS) is 10.5. The molecule has 0 spiro atoms. The number of hydrogen-bond acceptors (Lipinski definition) is 5. The van der Waals surface area contributed by atoms with Gasteiger partial charge in [0, 0.05) is 26.2 Å². The van der Waals surface area contributed by atoms with E-state index in [1.807, 2.05) is 0 Å². The van der Waals surface area contributed by atoms with Gasteiger partial charge in [-0.05, 0) is 19.5 Å². The summed E-state index contributed by atoms with van der Waals surface area (Å²) in [4.78, 5) is 0. The molecule has 5 nitrogen and oxygen atoms in total. The van der Waals surface area contributed by atoms with Gasteiger partial charge in [-0.25, -0.2) is 5.48 Å². The molecule has 0 fully saturated rings. The minimum absolute atomic E-state index is 0.593. The molecule has 12 heavy (non-hydrogen) atoms. The van der Waals surface area contributed by atoms with E-state index in [2.05, 4.69) is 16.1 Å². The standard InChI is InChI=1S/C7H20N4O/c8-2-5-9-3-1-4-10-6-7-11-12/h9-12H,1-8H2. The first kappa shape index (κ1) is 11.8. The second-order valence-electron chi connectivity index (χ2n) is 2.55. The molecule has 0 aromatic rings. The van der Waals surface area contributed by atoms with E-state index < -0.39 is 0 Å². The third kappa shape index (κ3) is 9.80. The molecule has 74 valence electrons. The summed E-state index contributed by atoms with van der Waals surface area (Å²) in [7, 11) is 0. The fourth-order valence-electron chi connectivity index (χ4n) is 0.835. The van der Waals surface area contributed by atoms with Crippen LogP contribution < -0.4 is 21.8 Å². The van der Waals surface area contributed by atoms with Crippen molar-refractivity contribution < 1.29 is 5.21 Å². The first-order valence-electron chi connectivity index (χ1n) is 4.40. The van der Waals surface area contributed by atoms with Crippen LogP contribution >= 0.6 is 0 Å². The van der Waals surface area contributed by atoms with Crippen molar-refractivity contribution in [3.63, 3.8) is 0 Å². The van der Waals surface area contributed by atoms with Crippen molar-refractivity contribution >= 4 is 0 Å². The van der Waals surface area contributed by atoms with Crippen LogP contribution in [-0.2, 0) is 0 Å². The summed E-state index contributed by atoms with van der Waals surface area (Å²) in [5, 5.41) is 14.6. The van der Waals surface area contributed by atoms with Gasteiger partial charge in [0.25, 0.3) is 0 Å². The van der Waals surface area contributed by atoms with Crippen molar-refractivity contribution in [2.75, 3.05) is 39.3 Å². The zero-order valence-corrected chi connectivity index (χ0v) is 7.47. The highest BCUT2D eigenvalue weighted by molar-refractivity contribution is 4.52. The van der Waals surface area contributed by atoms with Crippen molar-refractivity contribution in [1.29, 1.82) is 0 Å². The Balaban J connectivity index is 2.73. The topological polar surface area (TPSA) is 82.3 Å². The molecule has 0 bridgehead atoms. The molecule has 0 aliphatic carbocycles. The van der Waals surface area contributed by atoms with Gasteiger partial charge in [-0.15, -0.1) is 0 Å². The Morgan fingerprint density at radius 1 is 0.917 bits per heavy atom. The molecule has 0 saturated carbocycles. The Morgan fingerprint density at radius 2 is 1.58 bits per heavy atom. The van der Waals surface area contributed by atoms with Crippen molar-refractivity contribution in [2.45, 2.75) is 6.42 Å². The maximum Gasteiger partial charge on any atom is 0.0332 e. The molecule has 0 rings (SSSR count). The Labute approximate surface area is 73.7 Å². The van der Waals surface area contributed by atoms with Gasteiger partial charge in [-0.2, -0.15) is 0 Å². The Bertz CT molecular complexity index is 71.8. The molecule has 0 radical (unpaired) electrons. The fraction of sp³-hybridized carbons (Fsp3) is 1.00. The summed E-state index contributed by atoms with van der Waals surface area (Å²) in [6.07, 6.45) is 1.09. The summed E-state index contributed by atoms with van der Waals surface area (Å²) in [5.74, 6) is 0. The summed E-state index contributed by atoms with van der Waals surface area (Å²) in [6, 6.07) is 0. The Morgan fingerprint density at radius 3 is 2.17 bits per heavy atom. The van der Waals surface area contributed by atoms with Crippen LogP contribution in [0, 0.1) is 0 Å². The van der Waals surface area contributed by atoms with Crippen molar-refractivity contribution in [3.8, 4) is 0 Å². The summed E-state index contributed by atoms with van der Waals surface area (Å²) >= 11 is 0. The lowest BCUT2D eigenvalue weighted by molar-refractivity contribution is 0.167. The number of hydroxylamine groups is 1. The molecule has 0 heterocycles. The van der Waals surface area contributed by atoms with Crippen LogP contribution in [0.5, 0.6) is 0 Å². The van der Waals surface area contributed by atoms with E-state index in [1.165, 1.54) is 0 Å². The fourth-order valence-corrected chi connectivity index (χ4v) is 0.835. The number of nitrogens with one attached hydrogen (secondary N) is 3. The van der Waals surface area contributed by atoms with Crippen LogP contribution in [-0.4, -0.2) is 44.5 Å². The first-order valence-corrected chi connectivity index (χ1v) is 4.40. The van der Waals surface area contributed by atoms with E-state index >= 15 is 0 Å². The van der Waals surface area contributed by atoms with Crippen LogP contribution in [0.2, 0.25) is 0 Å². The SMILES string of the molecule is NCCNCCCNCCNO. The number of hydrogen-bond donors (Lipinski definition) is 5. The molecule has 6 N–H and O–H groups in total. The molecule has 0 unspecified atom stereocenters. The van der Waals surface area contributed by atoms with Gasteiger partial charge in [-0.1, -0.05) is 0 Å². The second kappa shape index (κ2) is 10.8. The van der Waals surface area contributed by atoms with Gasteiger partial charge < -0.3 is 21.6 Å². The highest BCUT2D eigenvalue weighted by Gasteiger charge is 1.87. The molecule has 0 atom stereocenters. The van der Waals surface area contributed by atoms with Gasteiger partial charge in [-0.3, -0.25) is 0 Å². The quantitative estimate of drug-likeness (QED) is 0.218. The van der Waals surface area contributed by atoms with Gasteiger partial charge in [0.05, 0.1) is 0 Å². The second-order valence-corrected chi connectivity index (χ2v) is 2.55. The lowest BCUT2D eigenvalue weighted by Crippen LogP contribution is -2.29. The zero-order chi connectivity index (χ0) is 9.07. The molecule has 0 amide bonds. The lowest BCUT2D eigenvalue weighted by atomic mass is 10.4. The van der Waals surface area contributed by atoms with E-state index in [1.54, 1.807) is 0 Å². The Kier molecular flexibility index (Phi) is 10.6. The molecular weight excluding hydrogens is 156 g/mol. The minimum atomic E-state index is 0.593. The first-order chi connectivity index (χ1) is 5.91. The molecule has 0 aromatic heterocycles. The maximum absolute atomic E-state index is 8.22. The summed E-state index contributed by atoms with van der Waals surface area (Å²) in [6.45, 7) is 4.94. The predicted molar refractivity (Wildman–Crippen MR) is 49.2 cm³/mol. The van der Waals surface area contributed by atoms with Crippen LogP contribution in [0.25, 0.3) is 0 Å². The monoisotopic (exact) mass is 176 g/mol. The Hall–Kier alpha value is -0.200. The van der Waals surface area contributed by atoms with Crippen LogP contribution in [0.4, 0.5) is 0 Å². The maximum atomic E-state index is 8.22. The van der Waals surface area contributed by atoms with Gasteiger partial charge >= 0.3 is 0 Å². The largest absolute Gasteiger partial charge is 0.329 e. The molecule has 0 aromatic carbocycles. The zero-order valence-electron chi connectivity index (χ0n) is 7.47. The third-order valence-corrected chi connectivity index (χ3v) is 1.44. The number of nitrogens with two attached hydrogens (primary N) is 1. The van der Waals surface area contributed by atoms with Gasteiger partial charge in [0.15, 0.2) is 0 Å². The molecule has 0 aliphatic rings. The van der Waals surface area contributed by atoms with Crippen LogP contribution in [0.3, 0.4) is 0 Å². The lowest BCUT2D eigenvalue weighted by Gasteiger charge is -2.04. The van der Waals surface area contributed by atoms with Gasteiger partial charge in [0.1, 0.15) is 0 Å². The van der Waals surface area contributed by atoms with E-state index in [-0.39, 0.29) is 0 Å². The summed E-state index contributed by atoms with van der Waals surface area (Å²) < 4.78 is 0. The van der Waals surface area contributed by atoms with E-state index in [0.717, 1.165) is 32.6 Å². The van der Waals surface area contributed by atoms with E-state index in [4.69, 9.17) is 10.9 Å². The van der Waals surface area contributed by atoms with E-state index in [9.17, 15) is 0 Å². The van der Waals surface area contributed by atoms with Crippen LogP contribution in [0.15, 0.2) is 0 Å². The molecule has 0 aliphatic heterocycles. The number of rotatable bonds is 9. The molecule has 5 heteroatoms. The highest BCUT2D eigenvalue weighted by Crippen LogP contribution is 1.71. The average molecular weight is 176 g/mol. The molecular formula is C7H20N4O.